The number of aromatic nitrogens is 1. The van der Waals surface area contributed by atoms with E-state index in [4.69, 9.17) is 4.74 Å². The molecule has 1 unspecified atom stereocenters. The molecule has 5 nitrogen and oxygen atoms in total. The van der Waals surface area contributed by atoms with Crippen LogP contribution in [0.2, 0.25) is 0 Å². The lowest BCUT2D eigenvalue weighted by molar-refractivity contribution is 0.0448. The van der Waals surface area contributed by atoms with Crippen molar-refractivity contribution >= 4 is 22.7 Å². The Morgan fingerprint density at radius 1 is 1.21 bits per heavy atom. The molecular weight excluding hydrogens is 436 g/mol. The average molecular weight is 468 g/mol. The molecule has 1 amide bonds. The van der Waals surface area contributed by atoms with E-state index < -0.39 is 35.3 Å². The molecule has 34 heavy (non-hydrogen) atoms. The largest absolute Gasteiger partial charge is 0.443 e. The Bertz CT molecular complexity index is 1260. The van der Waals surface area contributed by atoms with Gasteiger partial charge in [0.1, 0.15) is 17.7 Å². The molecule has 1 aliphatic heterocycles. The summed E-state index contributed by atoms with van der Waals surface area (Å²) in [6.07, 6.45) is 4.79. The monoisotopic (exact) mass is 467 g/mol. The summed E-state index contributed by atoms with van der Waals surface area (Å²) in [6, 6.07) is 6.94. The molecule has 0 spiro atoms. The maximum absolute atomic E-state index is 16.1. The van der Waals surface area contributed by atoms with Crippen LogP contribution in [0.5, 0.6) is 0 Å². The maximum Gasteiger partial charge on any atom is 0.407 e. The van der Waals surface area contributed by atoms with Crippen molar-refractivity contribution in [2.75, 3.05) is 5.32 Å². The third-order valence-corrected chi connectivity index (χ3v) is 7.44. The summed E-state index contributed by atoms with van der Waals surface area (Å²) in [4.78, 5) is 15.8. The second-order valence-electron chi connectivity index (χ2n) is 10.3. The van der Waals surface area contributed by atoms with E-state index in [-0.39, 0.29) is 11.6 Å². The molecule has 180 valence electrons. The van der Waals surface area contributed by atoms with Crippen LogP contribution in [-0.4, -0.2) is 28.8 Å². The minimum Gasteiger partial charge on any atom is -0.443 e. The molecule has 3 N–H and O–H groups in total. The Hall–Kier alpha value is -3.09. The molecule has 1 aliphatic carbocycles. The predicted octanol–water partition coefficient (Wildman–Crippen LogP) is 6.77. The molecule has 1 fully saturated rings. The number of rotatable bonds is 3. The van der Waals surface area contributed by atoms with Gasteiger partial charge in [-0.25, -0.2) is 13.6 Å². The van der Waals surface area contributed by atoms with Gasteiger partial charge in [0, 0.05) is 40.4 Å². The van der Waals surface area contributed by atoms with E-state index in [1.54, 1.807) is 12.1 Å². The molecular formula is C27H31F2N3O2. The van der Waals surface area contributed by atoms with Crippen molar-refractivity contribution in [3.05, 3.63) is 53.2 Å². The van der Waals surface area contributed by atoms with Gasteiger partial charge in [-0.15, -0.1) is 0 Å². The van der Waals surface area contributed by atoms with E-state index in [2.05, 4.69) is 15.6 Å². The molecule has 1 saturated carbocycles. The van der Waals surface area contributed by atoms with E-state index in [0.717, 1.165) is 36.6 Å². The predicted molar refractivity (Wildman–Crippen MR) is 130 cm³/mol. The fraction of sp³-hybridized carbons (Fsp3) is 0.444. The van der Waals surface area contributed by atoms with Crippen molar-refractivity contribution in [2.24, 2.45) is 0 Å². The summed E-state index contributed by atoms with van der Waals surface area (Å²) in [6.45, 7) is 7.55. The Balaban J connectivity index is 1.54. The Morgan fingerprint density at radius 2 is 1.94 bits per heavy atom. The molecule has 5 rings (SSSR count). The second kappa shape index (κ2) is 8.29. The summed E-state index contributed by atoms with van der Waals surface area (Å²) in [5, 5.41) is 7.09. The zero-order valence-corrected chi connectivity index (χ0v) is 20.0. The summed E-state index contributed by atoms with van der Waals surface area (Å²) >= 11 is 0. The minimum absolute atomic E-state index is 0.0753. The van der Waals surface area contributed by atoms with Crippen LogP contribution in [0.1, 0.15) is 63.5 Å². The number of H-pyrrole nitrogens is 1. The minimum atomic E-state index is -0.712. The number of hydrogen-bond acceptors (Lipinski definition) is 3. The van der Waals surface area contributed by atoms with E-state index in [9.17, 15) is 4.79 Å². The third-order valence-electron chi connectivity index (χ3n) is 7.44. The molecule has 0 saturated heterocycles. The highest BCUT2D eigenvalue weighted by molar-refractivity contribution is 5.96. The molecule has 0 bridgehead atoms. The van der Waals surface area contributed by atoms with Crippen molar-refractivity contribution in [1.82, 2.24) is 10.3 Å². The fourth-order valence-corrected chi connectivity index (χ4v) is 5.76. The summed E-state index contributed by atoms with van der Waals surface area (Å²) in [7, 11) is 0. The number of hydrogen-bond donors (Lipinski definition) is 3. The molecule has 2 aromatic carbocycles. The van der Waals surface area contributed by atoms with Gasteiger partial charge in [-0.2, -0.15) is 0 Å². The van der Waals surface area contributed by atoms with Gasteiger partial charge in [0.15, 0.2) is 0 Å². The zero-order chi connectivity index (χ0) is 24.2. The fourth-order valence-electron chi connectivity index (χ4n) is 5.76. The van der Waals surface area contributed by atoms with Crippen LogP contribution < -0.4 is 10.6 Å². The number of fused-ring (bicyclic) bond motifs is 2. The summed E-state index contributed by atoms with van der Waals surface area (Å²) in [5.74, 6) is -1.75. The van der Waals surface area contributed by atoms with Crippen LogP contribution in [0.4, 0.5) is 19.3 Å². The molecule has 2 aliphatic rings. The number of para-hydroxylation sites is 1. The summed E-state index contributed by atoms with van der Waals surface area (Å²) in [5.41, 5.74) is 2.10. The van der Waals surface area contributed by atoms with Crippen molar-refractivity contribution in [3.63, 3.8) is 0 Å². The van der Waals surface area contributed by atoms with E-state index >= 15 is 8.78 Å². The van der Waals surface area contributed by atoms with Gasteiger partial charge in [-0.3, -0.25) is 0 Å². The molecule has 2 atom stereocenters. The van der Waals surface area contributed by atoms with Crippen LogP contribution in [0.15, 0.2) is 30.5 Å². The first kappa shape index (κ1) is 22.7. The number of halogens is 2. The number of anilines is 1. The highest BCUT2D eigenvalue weighted by atomic mass is 19.1. The van der Waals surface area contributed by atoms with E-state index in [1.807, 2.05) is 40.0 Å². The van der Waals surface area contributed by atoms with Crippen molar-refractivity contribution in [1.29, 1.82) is 0 Å². The lowest BCUT2D eigenvalue weighted by Crippen LogP contribution is -2.53. The standard InChI is InChI=1S/C27H31F2N3O2/c1-14-13-30-24-17(14)10-7-11-18(24)22-19(28)12-20-21(23(22)29)15(2)25(27(3,4)32-20)34-26(33)31-16-8-5-6-9-16/h7,10-13,15-16,25,30,32H,5-6,8-9H2,1-4H3,(H,31,33)/t15-,25?/m0/s1. The van der Waals surface area contributed by atoms with E-state index in [1.165, 1.54) is 6.07 Å². The van der Waals surface area contributed by atoms with Crippen LogP contribution in [0, 0.1) is 18.6 Å². The van der Waals surface area contributed by atoms with Crippen LogP contribution in [0.25, 0.3) is 22.0 Å². The first-order chi connectivity index (χ1) is 16.2. The van der Waals surface area contributed by atoms with Crippen LogP contribution in [-0.2, 0) is 4.74 Å². The van der Waals surface area contributed by atoms with Gasteiger partial charge in [0.2, 0.25) is 0 Å². The summed E-state index contributed by atoms with van der Waals surface area (Å²) < 4.78 is 37.4. The number of aromatic amines is 1. The molecule has 1 aromatic heterocycles. The van der Waals surface area contributed by atoms with Crippen molar-refractivity contribution < 1.29 is 18.3 Å². The Kier molecular flexibility index (Phi) is 5.53. The smallest absolute Gasteiger partial charge is 0.407 e. The van der Waals surface area contributed by atoms with Crippen molar-refractivity contribution in [3.8, 4) is 11.1 Å². The Labute approximate surface area is 198 Å². The number of nitrogens with one attached hydrogen (secondary N) is 3. The highest BCUT2D eigenvalue weighted by Crippen LogP contribution is 2.46. The molecule has 0 radical (unpaired) electrons. The van der Waals surface area contributed by atoms with Crippen LogP contribution in [0.3, 0.4) is 0 Å². The second-order valence-corrected chi connectivity index (χ2v) is 10.3. The number of carbonyl (C=O) groups excluding carboxylic acids is 1. The number of ether oxygens (including phenoxy) is 1. The number of benzene rings is 2. The molecule has 3 aromatic rings. The van der Waals surface area contributed by atoms with Crippen molar-refractivity contribution in [2.45, 2.75) is 77.0 Å². The van der Waals surface area contributed by atoms with Gasteiger partial charge < -0.3 is 20.4 Å². The number of carbonyl (C=O) groups is 1. The quantitative estimate of drug-likeness (QED) is 0.398. The first-order valence-electron chi connectivity index (χ1n) is 12.0. The number of aryl methyl sites for hydroxylation is 1. The number of amides is 1. The van der Waals surface area contributed by atoms with Gasteiger partial charge >= 0.3 is 6.09 Å². The van der Waals surface area contributed by atoms with Crippen LogP contribution >= 0.6 is 0 Å². The van der Waals surface area contributed by atoms with Gasteiger partial charge in [0.05, 0.1) is 16.6 Å². The topological polar surface area (TPSA) is 66.2 Å². The molecule has 2 heterocycles. The average Bonchev–Trinajstić information content (AvgIpc) is 3.41. The number of alkyl carbamates (subject to hydrolysis) is 1. The lowest BCUT2D eigenvalue weighted by atomic mass is 9.77. The first-order valence-corrected chi connectivity index (χ1v) is 12.0. The normalized spacial score (nSPS) is 21.8. The van der Waals surface area contributed by atoms with E-state index in [0.29, 0.717) is 22.3 Å². The maximum atomic E-state index is 16.1. The molecule has 7 heteroatoms. The highest BCUT2D eigenvalue weighted by Gasteiger charge is 2.45. The van der Waals surface area contributed by atoms with Gasteiger partial charge in [-0.05, 0) is 45.2 Å². The third kappa shape index (κ3) is 3.71. The van der Waals surface area contributed by atoms with Gasteiger partial charge in [0.25, 0.3) is 0 Å². The lowest BCUT2D eigenvalue weighted by Gasteiger charge is -2.44. The van der Waals surface area contributed by atoms with Gasteiger partial charge in [-0.1, -0.05) is 38.0 Å². The zero-order valence-electron chi connectivity index (χ0n) is 20.0. The SMILES string of the molecule is Cc1c[nH]c2c(-c3c(F)cc4c(c3F)[C@H](C)C(OC(=O)NC3CCCC3)C(C)(C)N4)cccc12. The Morgan fingerprint density at radius 3 is 2.68 bits per heavy atom.